The quantitative estimate of drug-likeness (QED) is 0.759. The molecule has 6 nitrogen and oxygen atoms in total. The number of hydrogen-bond acceptors (Lipinski definition) is 3. The monoisotopic (exact) mass is 298 g/mol. The van der Waals surface area contributed by atoms with Gasteiger partial charge in [-0.25, -0.2) is 9.59 Å². The minimum absolute atomic E-state index is 0.0888. The topological polar surface area (TPSA) is 78.9 Å². The molecule has 0 radical (unpaired) electrons. The summed E-state index contributed by atoms with van der Waals surface area (Å²) in [4.78, 5) is 25.4. The summed E-state index contributed by atoms with van der Waals surface area (Å²) in [6, 6.07) is -0.848. The number of carbonyl (C=O) groups is 2. The number of carbonyl (C=O) groups excluding carboxylic acids is 1. The van der Waals surface area contributed by atoms with Gasteiger partial charge in [0.15, 0.2) is 0 Å². The summed E-state index contributed by atoms with van der Waals surface area (Å²) in [5, 5.41) is 12.2. The van der Waals surface area contributed by atoms with Crippen molar-refractivity contribution in [2.45, 2.75) is 64.1 Å². The van der Waals surface area contributed by atoms with E-state index in [-0.39, 0.29) is 18.2 Å². The largest absolute Gasteiger partial charge is 0.480 e. The third-order valence-electron chi connectivity index (χ3n) is 4.44. The zero-order valence-electron chi connectivity index (χ0n) is 12.9. The van der Waals surface area contributed by atoms with E-state index < -0.39 is 12.0 Å². The zero-order valence-corrected chi connectivity index (χ0v) is 12.9. The lowest BCUT2D eigenvalue weighted by Crippen LogP contribution is -2.51. The number of nitrogens with zero attached hydrogens (tertiary/aromatic N) is 1. The van der Waals surface area contributed by atoms with Crippen LogP contribution < -0.4 is 5.32 Å². The van der Waals surface area contributed by atoms with Gasteiger partial charge in [-0.15, -0.1) is 0 Å². The number of rotatable bonds is 5. The van der Waals surface area contributed by atoms with Crippen molar-refractivity contribution in [3.05, 3.63) is 0 Å². The molecule has 2 rings (SSSR count). The minimum Gasteiger partial charge on any atom is -0.480 e. The summed E-state index contributed by atoms with van der Waals surface area (Å²) >= 11 is 0. The fraction of sp³-hybridized carbons (Fsp3) is 0.867. The normalized spacial score (nSPS) is 28.5. The van der Waals surface area contributed by atoms with Crippen molar-refractivity contribution in [3.63, 3.8) is 0 Å². The molecule has 120 valence electrons. The maximum absolute atomic E-state index is 12.4. The Balaban J connectivity index is 1.93. The van der Waals surface area contributed by atoms with Crippen LogP contribution in [-0.4, -0.2) is 53.3 Å². The number of nitrogens with one attached hydrogen (secondary N) is 1. The van der Waals surface area contributed by atoms with Crippen molar-refractivity contribution < 1.29 is 19.4 Å². The van der Waals surface area contributed by atoms with Crippen LogP contribution in [-0.2, 0) is 9.53 Å². The second kappa shape index (κ2) is 7.11. The Morgan fingerprint density at radius 2 is 2.05 bits per heavy atom. The van der Waals surface area contributed by atoms with E-state index >= 15 is 0 Å². The lowest BCUT2D eigenvalue weighted by atomic mass is 9.85. The number of carboxylic acids is 1. The number of ether oxygens (including phenoxy) is 1. The Kier molecular flexibility index (Phi) is 5.45. The fourth-order valence-electron chi connectivity index (χ4n) is 3.52. The molecule has 21 heavy (non-hydrogen) atoms. The van der Waals surface area contributed by atoms with Crippen LogP contribution in [0.2, 0.25) is 0 Å². The van der Waals surface area contributed by atoms with Crippen LogP contribution in [0.3, 0.4) is 0 Å². The third-order valence-corrected chi connectivity index (χ3v) is 4.44. The molecule has 0 aromatic heterocycles. The van der Waals surface area contributed by atoms with Gasteiger partial charge in [-0.2, -0.15) is 0 Å². The smallest absolute Gasteiger partial charge is 0.326 e. The first-order valence-electron chi connectivity index (χ1n) is 7.91. The first-order valence-corrected chi connectivity index (χ1v) is 7.91. The molecule has 0 aromatic carbocycles. The predicted molar refractivity (Wildman–Crippen MR) is 78.1 cm³/mol. The van der Waals surface area contributed by atoms with Gasteiger partial charge in [-0.05, 0) is 39.0 Å². The highest BCUT2D eigenvalue weighted by Gasteiger charge is 2.47. The minimum atomic E-state index is -0.891. The van der Waals surface area contributed by atoms with Crippen LogP contribution in [0.25, 0.3) is 0 Å². The highest BCUT2D eigenvalue weighted by atomic mass is 16.5. The van der Waals surface area contributed by atoms with Crippen molar-refractivity contribution in [1.29, 1.82) is 0 Å². The van der Waals surface area contributed by atoms with Gasteiger partial charge >= 0.3 is 12.0 Å². The van der Waals surface area contributed by atoms with Crippen molar-refractivity contribution in [2.75, 3.05) is 13.2 Å². The molecule has 0 aromatic rings. The average molecular weight is 298 g/mol. The zero-order chi connectivity index (χ0) is 15.4. The first kappa shape index (κ1) is 16.1. The number of likely N-dealkylation sites (tertiary alicyclic amines) is 1. The van der Waals surface area contributed by atoms with Crippen LogP contribution in [0, 0.1) is 5.92 Å². The Bertz CT molecular complexity index is 386. The highest BCUT2D eigenvalue weighted by molar-refractivity contribution is 5.83. The van der Waals surface area contributed by atoms with Gasteiger partial charge in [0.05, 0.1) is 12.7 Å². The van der Waals surface area contributed by atoms with Crippen molar-refractivity contribution in [2.24, 2.45) is 5.92 Å². The van der Waals surface area contributed by atoms with E-state index in [1.54, 1.807) is 4.90 Å². The number of aliphatic carboxylic acids is 1. The molecule has 2 fully saturated rings. The maximum atomic E-state index is 12.4. The number of hydrogen-bond donors (Lipinski definition) is 2. The molecule has 1 saturated carbocycles. The number of urea groups is 1. The second-order valence-electron chi connectivity index (χ2n) is 6.26. The Morgan fingerprint density at radius 1 is 1.33 bits per heavy atom. The molecule has 2 aliphatic rings. The van der Waals surface area contributed by atoms with Crippen LogP contribution in [0.4, 0.5) is 4.79 Å². The van der Waals surface area contributed by atoms with Gasteiger partial charge in [0.25, 0.3) is 0 Å². The summed E-state index contributed by atoms with van der Waals surface area (Å²) in [7, 11) is 0. The van der Waals surface area contributed by atoms with Crippen LogP contribution in [0.15, 0.2) is 0 Å². The van der Waals surface area contributed by atoms with Crippen LogP contribution in [0.5, 0.6) is 0 Å². The van der Waals surface area contributed by atoms with Gasteiger partial charge in [-0.3, -0.25) is 0 Å². The summed E-state index contributed by atoms with van der Waals surface area (Å²) in [6.45, 7) is 4.74. The summed E-state index contributed by atoms with van der Waals surface area (Å²) in [5.74, 6) is -0.546. The van der Waals surface area contributed by atoms with E-state index in [2.05, 4.69) is 5.32 Å². The molecule has 0 spiro atoms. The first-order chi connectivity index (χ1) is 10.0. The van der Waals surface area contributed by atoms with Crippen molar-refractivity contribution >= 4 is 12.0 Å². The molecule has 0 bridgehead atoms. The summed E-state index contributed by atoms with van der Waals surface area (Å²) in [6.07, 6.45) is 4.90. The average Bonchev–Trinajstić information content (AvgIpc) is 2.83. The van der Waals surface area contributed by atoms with E-state index in [0.29, 0.717) is 25.5 Å². The maximum Gasteiger partial charge on any atom is 0.326 e. The Hall–Kier alpha value is -1.30. The highest BCUT2D eigenvalue weighted by Crippen LogP contribution is 2.39. The molecule has 2 N–H and O–H groups in total. The number of amides is 2. The standard InChI is InChI=1S/C15H26N2O4/c1-10(2)21-8-7-16-15(20)17-12-6-4-3-5-11(12)9-13(17)14(18)19/h10-13H,3-9H2,1-2H3,(H,16,20)(H,18,19). The number of fused-ring (bicyclic) bond motifs is 1. The molecule has 1 aliphatic carbocycles. The molecule has 3 unspecified atom stereocenters. The molecule has 6 heteroatoms. The van der Waals surface area contributed by atoms with Crippen molar-refractivity contribution in [1.82, 2.24) is 10.2 Å². The predicted octanol–water partition coefficient (Wildman–Crippen LogP) is 1.84. The lowest BCUT2D eigenvalue weighted by molar-refractivity contribution is -0.141. The van der Waals surface area contributed by atoms with Crippen LogP contribution >= 0.6 is 0 Å². The Labute approximate surface area is 125 Å². The van der Waals surface area contributed by atoms with E-state index in [1.165, 1.54) is 0 Å². The van der Waals surface area contributed by atoms with Gasteiger partial charge in [0, 0.05) is 12.6 Å². The van der Waals surface area contributed by atoms with Gasteiger partial charge in [0.2, 0.25) is 0 Å². The lowest BCUT2D eigenvalue weighted by Gasteiger charge is -2.33. The molecular formula is C15H26N2O4. The van der Waals surface area contributed by atoms with Crippen LogP contribution in [0.1, 0.15) is 46.0 Å². The van der Waals surface area contributed by atoms with Gasteiger partial charge in [0.1, 0.15) is 6.04 Å². The van der Waals surface area contributed by atoms with Gasteiger partial charge in [-0.1, -0.05) is 12.8 Å². The molecular weight excluding hydrogens is 272 g/mol. The summed E-state index contributed by atoms with van der Waals surface area (Å²) < 4.78 is 5.39. The summed E-state index contributed by atoms with van der Waals surface area (Å²) in [5.41, 5.74) is 0. The molecule has 2 amide bonds. The molecule has 1 aliphatic heterocycles. The Morgan fingerprint density at radius 3 is 2.71 bits per heavy atom. The second-order valence-corrected chi connectivity index (χ2v) is 6.26. The van der Waals surface area contributed by atoms with E-state index in [4.69, 9.17) is 4.74 Å². The molecule has 1 heterocycles. The molecule has 1 saturated heterocycles. The number of carboxylic acid groups (broad SMARTS) is 1. The fourth-order valence-corrected chi connectivity index (χ4v) is 3.52. The molecule has 3 atom stereocenters. The third kappa shape index (κ3) is 3.87. The van der Waals surface area contributed by atoms with E-state index in [9.17, 15) is 14.7 Å². The van der Waals surface area contributed by atoms with Crippen molar-refractivity contribution in [3.8, 4) is 0 Å². The van der Waals surface area contributed by atoms with E-state index in [0.717, 1.165) is 25.7 Å². The van der Waals surface area contributed by atoms with Gasteiger partial charge < -0.3 is 20.1 Å². The SMILES string of the molecule is CC(C)OCCNC(=O)N1C(C(=O)O)CC2CCCCC21. The van der Waals surface area contributed by atoms with E-state index in [1.807, 2.05) is 13.8 Å².